The van der Waals surface area contributed by atoms with Gasteiger partial charge in [-0.05, 0) is 38.1 Å². The Balaban J connectivity index is 2.78. The van der Waals surface area contributed by atoms with Gasteiger partial charge in [0.25, 0.3) is 10.2 Å². The van der Waals surface area contributed by atoms with Gasteiger partial charge in [-0.3, -0.25) is 4.72 Å². The minimum atomic E-state index is -3.80. The summed E-state index contributed by atoms with van der Waals surface area (Å²) in [5.41, 5.74) is 0.632. The van der Waals surface area contributed by atoms with Crippen molar-refractivity contribution < 1.29 is 17.9 Å². The van der Waals surface area contributed by atoms with Gasteiger partial charge in [0.05, 0.1) is 11.7 Å². The van der Waals surface area contributed by atoms with Gasteiger partial charge in [-0.2, -0.15) is 8.42 Å². The van der Waals surface area contributed by atoms with Gasteiger partial charge in [0.2, 0.25) is 0 Å². The van der Waals surface area contributed by atoms with Crippen molar-refractivity contribution in [2.45, 2.75) is 20.0 Å². The van der Waals surface area contributed by atoms with Crippen LogP contribution in [-0.2, 0) is 14.9 Å². The van der Waals surface area contributed by atoms with E-state index in [1.807, 2.05) is 0 Å². The number of anilines is 1. The predicted molar refractivity (Wildman–Crippen MR) is 63.7 cm³/mol. The SMILES string of the molecule is CC(C)OC(=O)c1ccc(NS(N)(=O)=O)cc1. The van der Waals surface area contributed by atoms with Gasteiger partial charge < -0.3 is 4.74 Å². The minimum absolute atomic E-state index is 0.204. The monoisotopic (exact) mass is 258 g/mol. The molecule has 0 bridgehead atoms. The fraction of sp³-hybridized carbons (Fsp3) is 0.300. The number of hydrogen-bond acceptors (Lipinski definition) is 4. The van der Waals surface area contributed by atoms with E-state index in [0.29, 0.717) is 5.56 Å². The lowest BCUT2D eigenvalue weighted by Crippen LogP contribution is -2.21. The Labute approximate surface area is 100.0 Å². The molecular formula is C10H14N2O4S. The zero-order valence-electron chi connectivity index (χ0n) is 9.51. The van der Waals surface area contributed by atoms with E-state index in [4.69, 9.17) is 9.88 Å². The Hall–Kier alpha value is -1.60. The molecule has 0 heterocycles. The molecule has 0 atom stereocenters. The second kappa shape index (κ2) is 5.15. The maximum Gasteiger partial charge on any atom is 0.338 e. The maximum atomic E-state index is 11.5. The van der Waals surface area contributed by atoms with Crippen LogP contribution in [-0.4, -0.2) is 20.5 Å². The molecule has 0 aliphatic rings. The average Bonchev–Trinajstić information content (AvgIpc) is 2.15. The smallest absolute Gasteiger partial charge is 0.338 e. The molecule has 0 aliphatic heterocycles. The zero-order chi connectivity index (χ0) is 13.1. The van der Waals surface area contributed by atoms with Crippen molar-refractivity contribution in [2.24, 2.45) is 5.14 Å². The number of ether oxygens (including phenoxy) is 1. The van der Waals surface area contributed by atoms with Crippen LogP contribution in [0.3, 0.4) is 0 Å². The quantitative estimate of drug-likeness (QED) is 0.783. The first-order valence-corrected chi connectivity index (χ1v) is 6.44. The molecule has 17 heavy (non-hydrogen) atoms. The van der Waals surface area contributed by atoms with Crippen LogP contribution in [0.5, 0.6) is 0 Å². The van der Waals surface area contributed by atoms with Crippen molar-refractivity contribution in [2.75, 3.05) is 4.72 Å². The number of nitrogens with two attached hydrogens (primary N) is 1. The lowest BCUT2D eigenvalue weighted by molar-refractivity contribution is 0.0378. The van der Waals surface area contributed by atoms with Crippen LogP contribution in [0.25, 0.3) is 0 Å². The lowest BCUT2D eigenvalue weighted by Gasteiger charge is -2.08. The molecule has 0 spiro atoms. The number of rotatable bonds is 4. The molecule has 0 aromatic heterocycles. The van der Waals surface area contributed by atoms with Crippen LogP contribution in [0.4, 0.5) is 5.69 Å². The molecule has 0 radical (unpaired) electrons. The highest BCUT2D eigenvalue weighted by Gasteiger charge is 2.09. The van der Waals surface area contributed by atoms with E-state index in [9.17, 15) is 13.2 Å². The highest BCUT2D eigenvalue weighted by atomic mass is 32.2. The third kappa shape index (κ3) is 4.83. The van der Waals surface area contributed by atoms with E-state index in [2.05, 4.69) is 4.72 Å². The molecule has 1 aromatic rings. The predicted octanol–water partition coefficient (Wildman–Crippen LogP) is 0.867. The summed E-state index contributed by atoms with van der Waals surface area (Å²) >= 11 is 0. The summed E-state index contributed by atoms with van der Waals surface area (Å²) in [6.07, 6.45) is -0.204. The summed E-state index contributed by atoms with van der Waals surface area (Å²) in [5, 5.41) is 4.80. The molecule has 0 fully saturated rings. The van der Waals surface area contributed by atoms with Crippen molar-refractivity contribution in [1.29, 1.82) is 0 Å². The molecule has 0 saturated carbocycles. The Bertz CT molecular complexity index is 494. The van der Waals surface area contributed by atoms with E-state index >= 15 is 0 Å². The van der Waals surface area contributed by atoms with E-state index in [1.165, 1.54) is 24.3 Å². The van der Waals surface area contributed by atoms with E-state index in [1.54, 1.807) is 13.8 Å². The molecule has 3 N–H and O–H groups in total. The summed E-state index contributed by atoms with van der Waals surface area (Å²) in [6.45, 7) is 3.49. The summed E-state index contributed by atoms with van der Waals surface area (Å²) in [5.74, 6) is -0.456. The second-order valence-electron chi connectivity index (χ2n) is 3.68. The number of benzene rings is 1. The third-order valence-corrected chi connectivity index (χ3v) is 2.24. The van der Waals surface area contributed by atoms with Crippen LogP contribution in [0.1, 0.15) is 24.2 Å². The van der Waals surface area contributed by atoms with Gasteiger partial charge in [0.1, 0.15) is 0 Å². The van der Waals surface area contributed by atoms with Crippen LogP contribution >= 0.6 is 0 Å². The fourth-order valence-electron chi connectivity index (χ4n) is 1.12. The molecule has 0 saturated heterocycles. The van der Waals surface area contributed by atoms with Crippen molar-refractivity contribution >= 4 is 21.9 Å². The summed E-state index contributed by atoms with van der Waals surface area (Å²) in [4.78, 5) is 11.5. The molecule has 6 nitrogen and oxygen atoms in total. The Kier molecular flexibility index (Phi) is 4.08. The van der Waals surface area contributed by atoms with Crippen LogP contribution in [0, 0.1) is 0 Å². The zero-order valence-corrected chi connectivity index (χ0v) is 10.3. The first-order valence-electron chi connectivity index (χ1n) is 4.89. The number of carbonyl (C=O) groups is 1. The first kappa shape index (κ1) is 13.5. The molecule has 7 heteroatoms. The van der Waals surface area contributed by atoms with Crippen LogP contribution in [0.2, 0.25) is 0 Å². The van der Waals surface area contributed by atoms with Gasteiger partial charge in [-0.25, -0.2) is 9.93 Å². The van der Waals surface area contributed by atoms with Crippen LogP contribution in [0.15, 0.2) is 24.3 Å². The molecule has 0 amide bonds. The molecule has 0 unspecified atom stereocenters. The highest BCUT2D eigenvalue weighted by molar-refractivity contribution is 7.90. The first-order chi connectivity index (χ1) is 7.78. The Morgan fingerprint density at radius 1 is 1.29 bits per heavy atom. The number of carbonyl (C=O) groups excluding carboxylic acids is 1. The lowest BCUT2D eigenvalue weighted by atomic mass is 10.2. The Morgan fingerprint density at radius 3 is 2.24 bits per heavy atom. The van der Waals surface area contributed by atoms with Gasteiger partial charge >= 0.3 is 5.97 Å². The normalized spacial score (nSPS) is 11.3. The summed E-state index contributed by atoms with van der Waals surface area (Å²) in [6, 6.07) is 5.78. The van der Waals surface area contributed by atoms with Crippen molar-refractivity contribution in [1.82, 2.24) is 0 Å². The fourth-order valence-corrected chi connectivity index (χ4v) is 1.59. The van der Waals surface area contributed by atoms with E-state index < -0.39 is 16.2 Å². The second-order valence-corrected chi connectivity index (χ2v) is 4.97. The Morgan fingerprint density at radius 2 is 1.82 bits per heavy atom. The molecule has 1 rings (SSSR count). The minimum Gasteiger partial charge on any atom is -0.459 e. The number of nitrogens with one attached hydrogen (secondary N) is 1. The summed E-state index contributed by atoms with van der Waals surface area (Å²) < 4.78 is 28.5. The van der Waals surface area contributed by atoms with Gasteiger partial charge in [0.15, 0.2) is 0 Å². The van der Waals surface area contributed by atoms with Crippen molar-refractivity contribution in [3.05, 3.63) is 29.8 Å². The van der Waals surface area contributed by atoms with E-state index in [0.717, 1.165) is 0 Å². The average molecular weight is 258 g/mol. The van der Waals surface area contributed by atoms with Crippen molar-refractivity contribution in [3.8, 4) is 0 Å². The van der Waals surface area contributed by atoms with Gasteiger partial charge in [-0.1, -0.05) is 0 Å². The topological polar surface area (TPSA) is 98.5 Å². The van der Waals surface area contributed by atoms with Crippen LogP contribution < -0.4 is 9.86 Å². The van der Waals surface area contributed by atoms with Crippen molar-refractivity contribution in [3.63, 3.8) is 0 Å². The highest BCUT2D eigenvalue weighted by Crippen LogP contribution is 2.11. The maximum absolute atomic E-state index is 11.5. The third-order valence-electron chi connectivity index (χ3n) is 1.72. The molecule has 0 aliphatic carbocycles. The largest absolute Gasteiger partial charge is 0.459 e. The van der Waals surface area contributed by atoms with Gasteiger partial charge in [-0.15, -0.1) is 0 Å². The summed E-state index contributed by atoms with van der Waals surface area (Å²) in [7, 11) is -3.80. The molecule has 1 aromatic carbocycles. The number of esters is 1. The van der Waals surface area contributed by atoms with Gasteiger partial charge in [0, 0.05) is 5.69 Å². The molecule has 94 valence electrons. The standard InChI is InChI=1S/C10H14N2O4S/c1-7(2)16-10(13)8-3-5-9(6-4-8)12-17(11,14)15/h3-7,12H,1-2H3,(H2,11,14,15). The van der Waals surface area contributed by atoms with E-state index in [-0.39, 0.29) is 11.8 Å². The number of hydrogen-bond donors (Lipinski definition) is 2. The molecular weight excluding hydrogens is 244 g/mol.